The fourth-order valence-electron chi connectivity index (χ4n) is 9.05. The molecule has 2 aliphatic rings. The molecule has 2 aliphatic carbocycles. The fourth-order valence-corrected chi connectivity index (χ4v) is 9.05. The summed E-state index contributed by atoms with van der Waals surface area (Å²) in [6.07, 6.45) is 0. The zero-order valence-electron chi connectivity index (χ0n) is 28.9. The van der Waals surface area contributed by atoms with E-state index in [1.165, 1.54) is 72.0 Å². The van der Waals surface area contributed by atoms with Crippen molar-refractivity contribution >= 4 is 38.9 Å². The van der Waals surface area contributed by atoms with Crippen molar-refractivity contribution in [2.75, 3.05) is 4.90 Å². The van der Waals surface area contributed by atoms with Gasteiger partial charge in [-0.15, -0.1) is 0 Å². The standard InChI is InChI=1S/C48H38N2/c1-47(2)41-21-13-11-19-35(41)37-25-23-33(27-43(37)47)49(31-15-7-5-8-16-31)34-24-26-38-40-29-39-36-20-12-14-22-42(36)48(3,4)44(39)30-46(40)50(45(38)28-34)32-17-9-6-10-18-32/h5-30H,1-4H3. The topological polar surface area (TPSA) is 8.17 Å². The van der Waals surface area contributed by atoms with Crippen LogP contribution in [0.3, 0.4) is 0 Å². The van der Waals surface area contributed by atoms with E-state index in [2.05, 4.69) is 195 Å². The molecular formula is C48H38N2. The smallest absolute Gasteiger partial charge is 0.0561 e. The Morgan fingerprint density at radius 3 is 1.60 bits per heavy atom. The van der Waals surface area contributed by atoms with Crippen LogP contribution in [0.5, 0.6) is 0 Å². The normalized spacial score (nSPS) is 14.7. The molecule has 0 aliphatic heterocycles. The average Bonchev–Trinajstić information content (AvgIpc) is 3.68. The Morgan fingerprint density at radius 1 is 0.380 bits per heavy atom. The van der Waals surface area contributed by atoms with Gasteiger partial charge in [-0.05, 0) is 105 Å². The molecule has 0 unspecified atom stereocenters. The maximum Gasteiger partial charge on any atom is 0.0561 e. The van der Waals surface area contributed by atoms with Crippen molar-refractivity contribution < 1.29 is 0 Å². The summed E-state index contributed by atoms with van der Waals surface area (Å²) in [5, 5.41) is 2.54. The van der Waals surface area contributed by atoms with Gasteiger partial charge in [-0.1, -0.05) is 125 Å². The number of rotatable bonds is 4. The maximum atomic E-state index is 2.47. The van der Waals surface area contributed by atoms with Crippen molar-refractivity contribution in [3.63, 3.8) is 0 Å². The van der Waals surface area contributed by atoms with Gasteiger partial charge in [0, 0.05) is 44.4 Å². The Morgan fingerprint density at radius 2 is 0.900 bits per heavy atom. The number of hydrogen-bond donors (Lipinski definition) is 0. The molecule has 0 N–H and O–H groups in total. The van der Waals surface area contributed by atoms with Gasteiger partial charge in [0.25, 0.3) is 0 Å². The molecule has 0 fully saturated rings. The van der Waals surface area contributed by atoms with E-state index in [0.29, 0.717) is 0 Å². The van der Waals surface area contributed by atoms with Crippen LogP contribution in [0.4, 0.5) is 17.1 Å². The summed E-state index contributed by atoms with van der Waals surface area (Å²) in [7, 11) is 0. The lowest BCUT2D eigenvalue weighted by molar-refractivity contribution is 0.660. The lowest BCUT2D eigenvalue weighted by Crippen LogP contribution is -2.16. The number of fused-ring (bicyclic) bond motifs is 9. The van der Waals surface area contributed by atoms with Gasteiger partial charge in [0.1, 0.15) is 0 Å². The highest BCUT2D eigenvalue weighted by Crippen LogP contribution is 2.53. The fraction of sp³-hybridized carbons (Fsp3) is 0.125. The van der Waals surface area contributed by atoms with Crippen molar-refractivity contribution in [2.45, 2.75) is 38.5 Å². The Balaban J connectivity index is 1.22. The second-order valence-electron chi connectivity index (χ2n) is 15.0. The molecule has 0 saturated heterocycles. The molecule has 2 nitrogen and oxygen atoms in total. The molecule has 0 atom stereocenters. The highest BCUT2D eigenvalue weighted by atomic mass is 15.1. The quantitative estimate of drug-likeness (QED) is 0.185. The minimum atomic E-state index is -0.0826. The number of nitrogens with zero attached hydrogens (tertiary/aromatic N) is 2. The molecule has 240 valence electrons. The van der Waals surface area contributed by atoms with Crippen LogP contribution in [0.2, 0.25) is 0 Å². The van der Waals surface area contributed by atoms with E-state index >= 15 is 0 Å². The highest BCUT2D eigenvalue weighted by molar-refractivity contribution is 6.12. The first-order valence-electron chi connectivity index (χ1n) is 17.7. The van der Waals surface area contributed by atoms with E-state index in [1.807, 2.05) is 0 Å². The average molecular weight is 643 g/mol. The van der Waals surface area contributed by atoms with Crippen LogP contribution in [-0.2, 0) is 10.8 Å². The van der Waals surface area contributed by atoms with Crippen LogP contribution in [-0.4, -0.2) is 4.57 Å². The summed E-state index contributed by atoms with van der Waals surface area (Å²) in [6, 6.07) is 58.5. The van der Waals surface area contributed by atoms with E-state index in [9.17, 15) is 0 Å². The van der Waals surface area contributed by atoms with E-state index in [4.69, 9.17) is 0 Å². The number of anilines is 3. The van der Waals surface area contributed by atoms with E-state index < -0.39 is 0 Å². The van der Waals surface area contributed by atoms with Crippen LogP contribution in [0.1, 0.15) is 49.9 Å². The van der Waals surface area contributed by atoms with Crippen molar-refractivity contribution in [3.8, 4) is 27.9 Å². The summed E-state index contributed by atoms with van der Waals surface area (Å²) in [6.45, 7) is 9.45. The molecule has 0 bridgehead atoms. The number of hydrogen-bond acceptors (Lipinski definition) is 1. The minimum absolute atomic E-state index is 0.0750. The summed E-state index contributed by atoms with van der Waals surface area (Å²) < 4.78 is 2.47. The van der Waals surface area contributed by atoms with Gasteiger partial charge in [0.05, 0.1) is 11.0 Å². The van der Waals surface area contributed by atoms with E-state index in [1.54, 1.807) is 0 Å². The third-order valence-electron chi connectivity index (χ3n) is 11.6. The van der Waals surface area contributed by atoms with Crippen LogP contribution in [0.15, 0.2) is 158 Å². The van der Waals surface area contributed by atoms with Gasteiger partial charge in [-0.2, -0.15) is 0 Å². The van der Waals surface area contributed by atoms with Gasteiger partial charge in [-0.3, -0.25) is 0 Å². The summed E-state index contributed by atoms with van der Waals surface area (Å²) >= 11 is 0. The third-order valence-corrected chi connectivity index (χ3v) is 11.6. The molecular weight excluding hydrogens is 605 g/mol. The first kappa shape index (κ1) is 29.1. The van der Waals surface area contributed by atoms with Gasteiger partial charge in [-0.25, -0.2) is 0 Å². The van der Waals surface area contributed by atoms with Crippen molar-refractivity contribution in [1.82, 2.24) is 4.57 Å². The van der Waals surface area contributed by atoms with Crippen molar-refractivity contribution in [2.24, 2.45) is 0 Å². The molecule has 2 heteroatoms. The Labute approximate surface area is 293 Å². The number of benzene rings is 7. The highest BCUT2D eigenvalue weighted by Gasteiger charge is 2.37. The van der Waals surface area contributed by atoms with Crippen LogP contribution >= 0.6 is 0 Å². The first-order chi connectivity index (χ1) is 24.3. The van der Waals surface area contributed by atoms with Gasteiger partial charge in [0.2, 0.25) is 0 Å². The van der Waals surface area contributed by atoms with E-state index in [0.717, 1.165) is 17.1 Å². The Bertz CT molecular complexity index is 2640. The number of aromatic nitrogens is 1. The molecule has 1 aromatic heterocycles. The second kappa shape index (κ2) is 10.3. The number of para-hydroxylation sites is 2. The largest absolute Gasteiger partial charge is 0.310 e. The molecule has 8 aromatic rings. The van der Waals surface area contributed by atoms with Crippen LogP contribution in [0.25, 0.3) is 49.7 Å². The molecule has 0 radical (unpaired) electrons. The third kappa shape index (κ3) is 3.96. The molecule has 50 heavy (non-hydrogen) atoms. The van der Waals surface area contributed by atoms with Crippen molar-refractivity contribution in [1.29, 1.82) is 0 Å². The van der Waals surface area contributed by atoms with Gasteiger partial charge >= 0.3 is 0 Å². The molecule has 0 amide bonds. The predicted octanol–water partition coefficient (Wildman–Crippen LogP) is 12.9. The second-order valence-corrected chi connectivity index (χ2v) is 15.0. The SMILES string of the molecule is CC1(C)c2ccccc2-c2ccc(N(c3ccccc3)c3ccc4c5cc6c(cc5n(-c5ccccc5)c4c3)C(C)(C)c3ccccc3-6)cc21. The zero-order valence-corrected chi connectivity index (χ0v) is 28.9. The van der Waals surface area contributed by atoms with Crippen LogP contribution < -0.4 is 4.90 Å². The lowest BCUT2D eigenvalue weighted by atomic mass is 9.82. The van der Waals surface area contributed by atoms with Crippen molar-refractivity contribution in [3.05, 3.63) is 180 Å². The predicted molar refractivity (Wildman–Crippen MR) is 211 cm³/mol. The molecule has 0 saturated carbocycles. The molecule has 10 rings (SSSR count). The maximum absolute atomic E-state index is 2.47. The Kier molecular flexibility index (Phi) is 6.01. The molecule has 7 aromatic carbocycles. The summed E-state index contributed by atoms with van der Waals surface area (Å²) in [4.78, 5) is 2.42. The molecule has 0 spiro atoms. The van der Waals surface area contributed by atoms with Crippen LogP contribution in [0, 0.1) is 0 Å². The first-order valence-corrected chi connectivity index (χ1v) is 17.7. The Hall–Kier alpha value is -5.86. The van der Waals surface area contributed by atoms with E-state index in [-0.39, 0.29) is 10.8 Å². The summed E-state index contributed by atoms with van der Waals surface area (Å²) in [5.74, 6) is 0. The van der Waals surface area contributed by atoms with Gasteiger partial charge < -0.3 is 9.47 Å². The summed E-state index contributed by atoms with van der Waals surface area (Å²) in [5.41, 5.74) is 17.8. The van der Waals surface area contributed by atoms with Gasteiger partial charge in [0.15, 0.2) is 0 Å². The monoisotopic (exact) mass is 642 g/mol. The lowest BCUT2D eigenvalue weighted by Gasteiger charge is -2.28. The zero-order chi connectivity index (χ0) is 33.8. The minimum Gasteiger partial charge on any atom is -0.310 e. The molecule has 1 heterocycles.